The molecule has 0 aromatic heterocycles. The number of ether oxygens (including phenoxy) is 1. The summed E-state index contributed by atoms with van der Waals surface area (Å²) in [5, 5.41) is 2.91. The van der Waals surface area contributed by atoms with E-state index in [9.17, 15) is 13.2 Å². The smallest absolute Gasteiger partial charge is 0.261 e. The van der Waals surface area contributed by atoms with Gasteiger partial charge < -0.3 is 10.1 Å². The van der Waals surface area contributed by atoms with E-state index >= 15 is 0 Å². The number of amides is 1. The normalized spacial score (nSPS) is 12.5. The van der Waals surface area contributed by atoms with Crippen molar-refractivity contribution in [3.8, 4) is 5.75 Å². The molecule has 2 aromatic carbocycles. The molecule has 0 fully saturated rings. The van der Waals surface area contributed by atoms with Crippen LogP contribution in [0.15, 0.2) is 47.4 Å². The Kier molecular flexibility index (Phi) is 7.07. The van der Waals surface area contributed by atoms with Gasteiger partial charge in [0.05, 0.1) is 11.5 Å². The standard InChI is InChI=1S/C21H28N2O4S/c1-6-27-18-10-8-17(9-11-18)23-28(25,26)19-12-7-15(4)20(13-19)21(24)22-16(5)14(2)3/h7-14,16,23H,6H2,1-5H3,(H,22,24). The van der Waals surface area contributed by atoms with E-state index in [1.54, 1.807) is 37.3 Å². The van der Waals surface area contributed by atoms with Crippen LogP contribution in [-0.4, -0.2) is 27.0 Å². The molecule has 1 unspecified atom stereocenters. The fourth-order valence-corrected chi connectivity index (χ4v) is 3.55. The first-order valence-electron chi connectivity index (χ1n) is 9.31. The highest BCUT2D eigenvalue weighted by Crippen LogP contribution is 2.21. The highest BCUT2D eigenvalue weighted by Gasteiger charge is 2.20. The predicted molar refractivity (Wildman–Crippen MR) is 111 cm³/mol. The van der Waals surface area contributed by atoms with Crippen LogP contribution >= 0.6 is 0 Å². The Morgan fingerprint density at radius 1 is 1.07 bits per heavy atom. The van der Waals surface area contributed by atoms with Crippen LogP contribution in [0.25, 0.3) is 0 Å². The van der Waals surface area contributed by atoms with Crippen molar-refractivity contribution in [3.05, 3.63) is 53.6 Å². The Hall–Kier alpha value is -2.54. The molecule has 7 heteroatoms. The summed E-state index contributed by atoms with van der Waals surface area (Å²) in [6, 6.07) is 11.2. The number of rotatable bonds is 8. The Morgan fingerprint density at radius 2 is 1.71 bits per heavy atom. The molecule has 0 saturated heterocycles. The second-order valence-electron chi connectivity index (χ2n) is 7.05. The van der Waals surface area contributed by atoms with Crippen LogP contribution in [-0.2, 0) is 10.0 Å². The van der Waals surface area contributed by atoms with Crippen LogP contribution in [0.3, 0.4) is 0 Å². The molecule has 1 amide bonds. The van der Waals surface area contributed by atoms with Crippen LogP contribution in [0, 0.1) is 12.8 Å². The summed E-state index contributed by atoms with van der Waals surface area (Å²) in [6.45, 7) is 10.1. The molecular weight excluding hydrogens is 376 g/mol. The van der Waals surface area contributed by atoms with Gasteiger partial charge >= 0.3 is 0 Å². The zero-order valence-corrected chi connectivity index (χ0v) is 17.8. The Morgan fingerprint density at radius 3 is 2.29 bits per heavy atom. The minimum Gasteiger partial charge on any atom is -0.494 e. The Bertz CT molecular complexity index is 922. The Labute approximate surface area is 167 Å². The predicted octanol–water partition coefficient (Wildman–Crippen LogP) is 3.97. The summed E-state index contributed by atoms with van der Waals surface area (Å²) in [6.07, 6.45) is 0. The van der Waals surface area contributed by atoms with Crippen LogP contribution in [0.2, 0.25) is 0 Å². The lowest BCUT2D eigenvalue weighted by Crippen LogP contribution is -2.36. The van der Waals surface area contributed by atoms with E-state index in [2.05, 4.69) is 10.0 Å². The maximum atomic E-state index is 12.8. The molecule has 0 spiro atoms. The average molecular weight is 405 g/mol. The number of hydrogen-bond acceptors (Lipinski definition) is 4. The molecule has 2 aromatic rings. The molecule has 0 bridgehead atoms. The lowest BCUT2D eigenvalue weighted by atomic mass is 10.0. The van der Waals surface area contributed by atoms with E-state index in [0.29, 0.717) is 29.2 Å². The summed E-state index contributed by atoms with van der Waals surface area (Å²) in [5.74, 6) is 0.660. The minimum atomic E-state index is -3.83. The fraction of sp³-hybridized carbons (Fsp3) is 0.381. The van der Waals surface area contributed by atoms with Crippen LogP contribution in [0.4, 0.5) is 5.69 Å². The second-order valence-corrected chi connectivity index (χ2v) is 8.73. The van der Waals surface area contributed by atoms with Crippen molar-refractivity contribution in [1.29, 1.82) is 0 Å². The SMILES string of the molecule is CCOc1ccc(NS(=O)(=O)c2ccc(C)c(C(=O)NC(C)C(C)C)c2)cc1. The molecule has 6 nitrogen and oxygen atoms in total. The van der Waals surface area contributed by atoms with Crippen molar-refractivity contribution in [2.45, 2.75) is 45.6 Å². The van der Waals surface area contributed by atoms with E-state index in [-0.39, 0.29) is 22.8 Å². The number of benzene rings is 2. The number of carbonyl (C=O) groups is 1. The highest BCUT2D eigenvalue weighted by atomic mass is 32.2. The lowest BCUT2D eigenvalue weighted by Gasteiger charge is -2.18. The monoisotopic (exact) mass is 404 g/mol. The topological polar surface area (TPSA) is 84.5 Å². The molecule has 28 heavy (non-hydrogen) atoms. The summed E-state index contributed by atoms with van der Waals surface area (Å²) in [5.41, 5.74) is 1.49. The zero-order valence-electron chi connectivity index (χ0n) is 16.9. The number of hydrogen-bond donors (Lipinski definition) is 2. The number of nitrogens with one attached hydrogen (secondary N) is 2. The average Bonchev–Trinajstić information content (AvgIpc) is 2.63. The lowest BCUT2D eigenvalue weighted by molar-refractivity contribution is 0.0929. The summed E-state index contributed by atoms with van der Waals surface area (Å²) >= 11 is 0. The van der Waals surface area contributed by atoms with E-state index in [4.69, 9.17) is 4.74 Å². The van der Waals surface area contributed by atoms with Crippen molar-refractivity contribution in [2.75, 3.05) is 11.3 Å². The van der Waals surface area contributed by atoms with Crippen molar-refractivity contribution >= 4 is 21.6 Å². The van der Waals surface area contributed by atoms with Crippen molar-refractivity contribution in [1.82, 2.24) is 5.32 Å². The van der Waals surface area contributed by atoms with Crippen LogP contribution < -0.4 is 14.8 Å². The summed E-state index contributed by atoms with van der Waals surface area (Å²) in [7, 11) is -3.83. The van der Waals surface area contributed by atoms with Crippen molar-refractivity contribution in [2.24, 2.45) is 5.92 Å². The van der Waals surface area contributed by atoms with Gasteiger partial charge in [0, 0.05) is 17.3 Å². The van der Waals surface area contributed by atoms with Gasteiger partial charge in [-0.25, -0.2) is 8.42 Å². The maximum Gasteiger partial charge on any atom is 0.261 e. The van der Waals surface area contributed by atoms with E-state index in [1.807, 2.05) is 27.7 Å². The van der Waals surface area contributed by atoms with E-state index < -0.39 is 10.0 Å². The van der Waals surface area contributed by atoms with Gasteiger partial charge in [0.15, 0.2) is 0 Å². The van der Waals surface area contributed by atoms with Gasteiger partial charge in [-0.3, -0.25) is 9.52 Å². The number of anilines is 1. The van der Waals surface area contributed by atoms with Gasteiger partial charge in [-0.05, 0) is 68.7 Å². The Balaban J connectivity index is 2.24. The van der Waals surface area contributed by atoms with Crippen molar-refractivity contribution in [3.63, 3.8) is 0 Å². The summed E-state index contributed by atoms with van der Waals surface area (Å²) < 4.78 is 33.4. The fourth-order valence-electron chi connectivity index (χ4n) is 2.46. The molecule has 0 aliphatic heterocycles. The van der Waals surface area contributed by atoms with Gasteiger partial charge in [0.2, 0.25) is 0 Å². The van der Waals surface area contributed by atoms with Gasteiger partial charge in [-0.15, -0.1) is 0 Å². The number of sulfonamides is 1. The molecular formula is C21H28N2O4S. The van der Waals surface area contributed by atoms with Crippen molar-refractivity contribution < 1.29 is 17.9 Å². The largest absolute Gasteiger partial charge is 0.494 e. The number of carbonyl (C=O) groups excluding carboxylic acids is 1. The highest BCUT2D eigenvalue weighted by molar-refractivity contribution is 7.92. The third kappa shape index (κ3) is 5.48. The van der Waals surface area contributed by atoms with Gasteiger partial charge in [-0.1, -0.05) is 19.9 Å². The van der Waals surface area contributed by atoms with Gasteiger partial charge in [0.25, 0.3) is 15.9 Å². The molecule has 2 rings (SSSR count). The third-order valence-electron chi connectivity index (χ3n) is 4.54. The zero-order chi connectivity index (χ0) is 20.9. The quantitative estimate of drug-likeness (QED) is 0.697. The summed E-state index contributed by atoms with van der Waals surface area (Å²) in [4.78, 5) is 12.6. The maximum absolute atomic E-state index is 12.8. The first-order chi connectivity index (χ1) is 13.1. The molecule has 2 N–H and O–H groups in total. The van der Waals surface area contributed by atoms with E-state index in [0.717, 1.165) is 0 Å². The second kappa shape index (κ2) is 9.10. The molecule has 152 valence electrons. The van der Waals surface area contributed by atoms with Gasteiger partial charge in [-0.2, -0.15) is 0 Å². The van der Waals surface area contributed by atoms with Crippen LogP contribution in [0.1, 0.15) is 43.6 Å². The molecule has 1 atom stereocenters. The van der Waals surface area contributed by atoms with E-state index in [1.165, 1.54) is 12.1 Å². The minimum absolute atomic E-state index is 0.0193. The van der Waals surface area contributed by atoms with Gasteiger partial charge in [0.1, 0.15) is 5.75 Å². The first-order valence-corrected chi connectivity index (χ1v) is 10.8. The molecule has 0 heterocycles. The third-order valence-corrected chi connectivity index (χ3v) is 5.92. The molecule has 0 radical (unpaired) electrons. The molecule has 0 aliphatic rings. The molecule has 0 aliphatic carbocycles. The first kappa shape index (κ1) is 21.8. The molecule has 0 saturated carbocycles. The van der Waals surface area contributed by atoms with Crippen LogP contribution in [0.5, 0.6) is 5.75 Å². The number of aryl methyl sites for hydroxylation is 1.